The van der Waals surface area contributed by atoms with E-state index in [0.29, 0.717) is 23.2 Å². The minimum Gasteiger partial charge on any atom is -0.396 e. The van der Waals surface area contributed by atoms with Gasteiger partial charge in [0.2, 0.25) is 0 Å². The number of anilines is 2. The van der Waals surface area contributed by atoms with E-state index >= 15 is 0 Å². The van der Waals surface area contributed by atoms with Crippen LogP contribution in [0.25, 0.3) is 5.70 Å². The minimum absolute atomic E-state index is 0.0897. The number of carbonyl (C=O) groups excluding carboxylic acids is 1. The Balaban J connectivity index is 0.000000356. The molecule has 37 heavy (non-hydrogen) atoms. The van der Waals surface area contributed by atoms with Crippen LogP contribution in [0.3, 0.4) is 0 Å². The summed E-state index contributed by atoms with van der Waals surface area (Å²) in [5.74, 6) is -1.81. The van der Waals surface area contributed by atoms with Crippen molar-refractivity contribution < 1.29 is 22.5 Å². The van der Waals surface area contributed by atoms with Gasteiger partial charge in [-0.2, -0.15) is 0 Å². The van der Waals surface area contributed by atoms with Gasteiger partial charge in [0.25, 0.3) is 0 Å². The van der Waals surface area contributed by atoms with E-state index in [4.69, 9.17) is 16.0 Å². The minimum atomic E-state index is -0.957. The fraction of sp³-hybridized carbons (Fsp3) is 0.0800. The van der Waals surface area contributed by atoms with Gasteiger partial charge in [-0.3, -0.25) is 9.79 Å². The molecular formula is C25H22F3N7O2. The van der Waals surface area contributed by atoms with Gasteiger partial charge in [-0.25, -0.2) is 23.1 Å². The Morgan fingerprint density at radius 2 is 1.89 bits per heavy atom. The number of nitrogens with one attached hydrogen (secondary N) is 1. The number of nitrogens with two attached hydrogens (primary N) is 2. The molecule has 2 aromatic carbocycles. The normalized spacial score (nSPS) is 11.5. The number of hydrogen-bond donors (Lipinski definition) is 3. The largest absolute Gasteiger partial charge is 0.396 e. The van der Waals surface area contributed by atoms with Crippen LogP contribution in [0.4, 0.5) is 24.7 Å². The second-order valence-electron chi connectivity index (χ2n) is 7.31. The van der Waals surface area contributed by atoms with Crippen molar-refractivity contribution >= 4 is 29.2 Å². The van der Waals surface area contributed by atoms with Crippen molar-refractivity contribution in [2.75, 3.05) is 18.1 Å². The Labute approximate surface area is 209 Å². The maximum atomic E-state index is 13.9. The third kappa shape index (κ3) is 7.24. The van der Waals surface area contributed by atoms with Crippen molar-refractivity contribution in [2.45, 2.75) is 6.54 Å². The number of carbonyl (C=O) groups is 1. The average Bonchev–Trinajstić information content (AvgIpc) is 3.44. The number of rotatable bonds is 7. The Kier molecular flexibility index (Phi) is 9.08. The molecule has 0 unspecified atom stereocenters. The SMILES string of the molecule is CNc1cnc(/C(N)=C/C(=NCc2cccc(F)c2F)c2ccon2)nc1N.O=Cc1ccc(F)cc1. The Morgan fingerprint density at radius 1 is 1.14 bits per heavy atom. The van der Waals surface area contributed by atoms with Gasteiger partial charge in [0.1, 0.15) is 24.1 Å². The zero-order chi connectivity index (χ0) is 26.8. The lowest BCUT2D eigenvalue weighted by Gasteiger charge is -2.07. The molecule has 4 rings (SSSR count). The predicted molar refractivity (Wildman–Crippen MR) is 133 cm³/mol. The summed E-state index contributed by atoms with van der Waals surface area (Å²) in [7, 11) is 1.69. The molecule has 190 valence electrons. The van der Waals surface area contributed by atoms with Gasteiger partial charge in [0, 0.05) is 24.2 Å². The first-order valence-electron chi connectivity index (χ1n) is 10.7. The highest BCUT2D eigenvalue weighted by atomic mass is 19.2. The number of nitrogen functional groups attached to an aromatic ring is 1. The molecule has 0 saturated heterocycles. The summed E-state index contributed by atoms with van der Waals surface area (Å²) in [4.78, 5) is 22.5. The van der Waals surface area contributed by atoms with Crippen LogP contribution < -0.4 is 16.8 Å². The maximum absolute atomic E-state index is 13.9. The molecule has 0 saturated carbocycles. The lowest BCUT2D eigenvalue weighted by atomic mass is 10.2. The number of aliphatic imine (C=N–C) groups is 1. The molecule has 2 heterocycles. The summed E-state index contributed by atoms with van der Waals surface area (Å²) in [5, 5.41) is 6.66. The summed E-state index contributed by atoms with van der Waals surface area (Å²) in [6.45, 7) is -0.128. The highest BCUT2D eigenvalue weighted by Crippen LogP contribution is 2.17. The number of nitrogens with zero attached hydrogens (tertiary/aromatic N) is 4. The van der Waals surface area contributed by atoms with E-state index in [2.05, 4.69) is 25.4 Å². The molecule has 5 N–H and O–H groups in total. The molecule has 12 heteroatoms. The molecule has 0 bridgehead atoms. The summed E-state index contributed by atoms with van der Waals surface area (Å²) in [5.41, 5.74) is 13.9. The highest BCUT2D eigenvalue weighted by molar-refractivity contribution is 6.10. The quantitative estimate of drug-likeness (QED) is 0.250. The highest BCUT2D eigenvalue weighted by Gasteiger charge is 2.12. The molecule has 4 aromatic rings. The van der Waals surface area contributed by atoms with E-state index in [1.165, 1.54) is 54.9 Å². The second-order valence-corrected chi connectivity index (χ2v) is 7.31. The van der Waals surface area contributed by atoms with Crippen molar-refractivity contribution in [1.82, 2.24) is 15.1 Å². The van der Waals surface area contributed by atoms with Crippen molar-refractivity contribution in [1.29, 1.82) is 0 Å². The molecule has 2 aromatic heterocycles. The van der Waals surface area contributed by atoms with Gasteiger partial charge >= 0.3 is 0 Å². The average molecular weight is 509 g/mol. The van der Waals surface area contributed by atoms with Gasteiger partial charge in [-0.05, 0) is 36.4 Å². The maximum Gasteiger partial charge on any atom is 0.177 e. The number of benzene rings is 2. The Morgan fingerprint density at radius 3 is 2.51 bits per heavy atom. The predicted octanol–water partition coefficient (Wildman–Crippen LogP) is 3.99. The molecular weight excluding hydrogens is 487 g/mol. The standard InChI is InChI=1S/C18H17F2N7O.C7H5FO/c1-23-15-9-25-18(26-17(15)22)12(21)7-14(13-5-6-28-27-13)24-8-10-3-2-4-11(19)16(10)20;8-7-3-1-6(5-9)2-4-7/h2-7,9,23H,8,21H2,1H3,(H2,22,25,26);1-5H/b12-7-,24-14?;. The van der Waals surface area contributed by atoms with Gasteiger partial charge in [0.05, 0.1) is 29.8 Å². The lowest BCUT2D eigenvalue weighted by Crippen LogP contribution is -2.10. The molecule has 0 aliphatic rings. The first-order valence-corrected chi connectivity index (χ1v) is 10.7. The summed E-state index contributed by atoms with van der Waals surface area (Å²) < 4.78 is 44.2. The molecule has 0 aliphatic carbocycles. The number of aldehydes is 1. The zero-order valence-electron chi connectivity index (χ0n) is 19.5. The van der Waals surface area contributed by atoms with Gasteiger partial charge < -0.3 is 21.3 Å². The third-order valence-electron chi connectivity index (χ3n) is 4.80. The van der Waals surface area contributed by atoms with Crippen molar-refractivity contribution in [2.24, 2.45) is 10.7 Å². The Bertz CT molecular complexity index is 1410. The van der Waals surface area contributed by atoms with Crippen LogP contribution in [0.5, 0.6) is 0 Å². The number of allylic oxidation sites excluding steroid dienone is 1. The van der Waals surface area contributed by atoms with Crippen LogP contribution in [0.1, 0.15) is 27.4 Å². The summed E-state index contributed by atoms with van der Waals surface area (Å²) in [6, 6.07) is 10.8. The van der Waals surface area contributed by atoms with E-state index < -0.39 is 11.6 Å². The van der Waals surface area contributed by atoms with Crippen LogP contribution in [0.15, 0.2) is 76.6 Å². The van der Waals surface area contributed by atoms with Crippen LogP contribution in [-0.2, 0) is 6.54 Å². The zero-order valence-corrected chi connectivity index (χ0v) is 19.5. The third-order valence-corrected chi connectivity index (χ3v) is 4.80. The Hall–Kier alpha value is -5.00. The fourth-order valence-electron chi connectivity index (χ4n) is 2.87. The lowest BCUT2D eigenvalue weighted by molar-refractivity contribution is 0.112. The van der Waals surface area contributed by atoms with Crippen LogP contribution in [0.2, 0.25) is 0 Å². The van der Waals surface area contributed by atoms with Crippen molar-refractivity contribution in [3.05, 3.63) is 107 Å². The van der Waals surface area contributed by atoms with Crippen molar-refractivity contribution in [3.63, 3.8) is 0 Å². The monoisotopic (exact) mass is 509 g/mol. The van der Waals surface area contributed by atoms with Gasteiger partial charge in [-0.15, -0.1) is 0 Å². The first-order chi connectivity index (χ1) is 17.8. The molecule has 0 radical (unpaired) electrons. The molecule has 0 atom stereocenters. The van der Waals surface area contributed by atoms with E-state index in [0.717, 1.165) is 6.07 Å². The number of hydrogen-bond acceptors (Lipinski definition) is 9. The van der Waals surface area contributed by atoms with Crippen LogP contribution >= 0.6 is 0 Å². The fourth-order valence-corrected chi connectivity index (χ4v) is 2.87. The molecule has 0 fully saturated rings. The van der Waals surface area contributed by atoms with E-state index in [1.54, 1.807) is 13.1 Å². The number of halogens is 3. The van der Waals surface area contributed by atoms with E-state index in [-0.39, 0.29) is 41.0 Å². The van der Waals surface area contributed by atoms with Crippen LogP contribution in [-0.4, -0.2) is 34.2 Å². The molecule has 9 nitrogen and oxygen atoms in total. The van der Waals surface area contributed by atoms with Gasteiger partial charge in [0.15, 0.2) is 23.3 Å². The second kappa shape index (κ2) is 12.6. The molecule has 0 spiro atoms. The summed E-state index contributed by atoms with van der Waals surface area (Å²) in [6.07, 6.45) is 4.99. The van der Waals surface area contributed by atoms with Crippen LogP contribution in [0, 0.1) is 17.5 Å². The van der Waals surface area contributed by atoms with E-state index in [1.807, 2.05) is 0 Å². The molecule has 0 aliphatic heterocycles. The van der Waals surface area contributed by atoms with Gasteiger partial charge in [-0.1, -0.05) is 17.3 Å². The first kappa shape index (κ1) is 26.6. The summed E-state index contributed by atoms with van der Waals surface area (Å²) >= 11 is 0. The molecule has 0 amide bonds. The van der Waals surface area contributed by atoms with E-state index in [9.17, 15) is 18.0 Å². The van der Waals surface area contributed by atoms with Crippen molar-refractivity contribution in [3.8, 4) is 0 Å². The topological polar surface area (TPSA) is 145 Å². The smallest absolute Gasteiger partial charge is 0.177 e. The number of aromatic nitrogens is 3.